The monoisotopic (exact) mass is 591 g/mol. The van der Waals surface area contributed by atoms with Crippen molar-refractivity contribution < 1.29 is 27.6 Å². The van der Waals surface area contributed by atoms with Crippen molar-refractivity contribution in [3.05, 3.63) is 77.1 Å². The fourth-order valence-corrected chi connectivity index (χ4v) is 7.21. The Bertz CT molecular complexity index is 1660. The first kappa shape index (κ1) is 29.2. The number of benzene rings is 2. The normalized spacial score (nSPS) is 17.0. The number of hydrogen-bond acceptors (Lipinski definition) is 7. The minimum atomic E-state index is -4.29. The lowest BCUT2D eigenvalue weighted by Crippen LogP contribution is -2.50. The van der Waals surface area contributed by atoms with Gasteiger partial charge in [-0.25, -0.2) is 12.7 Å². The average molecular weight is 592 g/mol. The summed E-state index contributed by atoms with van der Waals surface area (Å²) in [5, 5.41) is 7.49. The standard InChI is InChI=1S/C30H33N5O6S/c1-19-25(17-33(3)32-19)28(29(38)31-22-9-5-4-6-10-22)35(23-15-13-21(14-16-23)20(2)36)27(37)18-34-30(39)24-11-7-8-12-26(24)42(34,40)41/h7-8,11-17,22,28H,4-6,9-10,18H2,1-3H3,(H,31,38)/t28-/m0/s1. The summed E-state index contributed by atoms with van der Waals surface area (Å²) in [6.07, 6.45) is 6.32. The van der Waals surface area contributed by atoms with Crippen molar-refractivity contribution in [3.63, 3.8) is 0 Å². The van der Waals surface area contributed by atoms with Crippen molar-refractivity contribution in [2.24, 2.45) is 7.05 Å². The smallest absolute Gasteiger partial charge is 0.269 e. The number of rotatable bonds is 8. The van der Waals surface area contributed by atoms with Gasteiger partial charge in [0.2, 0.25) is 11.8 Å². The molecule has 0 saturated heterocycles. The minimum absolute atomic E-state index is 0.0163. The molecule has 0 spiro atoms. The predicted molar refractivity (Wildman–Crippen MR) is 154 cm³/mol. The van der Waals surface area contributed by atoms with E-state index in [9.17, 15) is 27.6 Å². The molecule has 2 aromatic carbocycles. The molecule has 1 aromatic heterocycles. The molecule has 12 heteroatoms. The molecule has 1 N–H and O–H groups in total. The Kier molecular flexibility index (Phi) is 8.00. The molecule has 5 rings (SSSR count). The quantitative estimate of drug-likeness (QED) is 0.397. The lowest BCUT2D eigenvalue weighted by Gasteiger charge is -2.34. The third-order valence-corrected chi connectivity index (χ3v) is 9.60. The van der Waals surface area contributed by atoms with Gasteiger partial charge in [-0.15, -0.1) is 0 Å². The van der Waals surface area contributed by atoms with Crippen molar-refractivity contribution in [2.75, 3.05) is 11.4 Å². The number of carbonyl (C=O) groups is 4. The molecule has 3 amide bonds. The largest absolute Gasteiger partial charge is 0.351 e. The van der Waals surface area contributed by atoms with Crippen LogP contribution in [0.5, 0.6) is 0 Å². The van der Waals surface area contributed by atoms with Crippen LogP contribution in [0.25, 0.3) is 0 Å². The summed E-state index contributed by atoms with van der Waals surface area (Å²) >= 11 is 0. The number of anilines is 1. The molecular formula is C30H33N5O6S. The van der Waals surface area contributed by atoms with Gasteiger partial charge in [-0.2, -0.15) is 5.10 Å². The minimum Gasteiger partial charge on any atom is -0.351 e. The highest BCUT2D eigenvalue weighted by Gasteiger charge is 2.44. The first-order valence-electron chi connectivity index (χ1n) is 13.9. The van der Waals surface area contributed by atoms with Crippen LogP contribution >= 0.6 is 0 Å². The van der Waals surface area contributed by atoms with Crippen molar-refractivity contribution in [2.45, 2.75) is 62.9 Å². The number of ketones is 1. The summed E-state index contributed by atoms with van der Waals surface area (Å²) in [6, 6.07) is 10.6. The van der Waals surface area contributed by atoms with E-state index in [1.54, 1.807) is 26.2 Å². The molecule has 42 heavy (non-hydrogen) atoms. The van der Waals surface area contributed by atoms with Crippen molar-refractivity contribution in [1.29, 1.82) is 0 Å². The summed E-state index contributed by atoms with van der Waals surface area (Å²) in [5.74, 6) is -2.23. The van der Waals surface area contributed by atoms with E-state index in [0.29, 0.717) is 21.1 Å². The van der Waals surface area contributed by atoms with E-state index < -0.39 is 40.3 Å². The van der Waals surface area contributed by atoms with Gasteiger partial charge in [-0.05, 0) is 63.1 Å². The van der Waals surface area contributed by atoms with Gasteiger partial charge in [0.25, 0.3) is 15.9 Å². The Hall–Kier alpha value is -4.32. The van der Waals surface area contributed by atoms with E-state index >= 15 is 0 Å². The Balaban J connectivity index is 1.59. The highest BCUT2D eigenvalue weighted by Crippen LogP contribution is 2.34. The van der Waals surface area contributed by atoms with Crippen LogP contribution in [0, 0.1) is 6.92 Å². The van der Waals surface area contributed by atoms with E-state index in [2.05, 4.69) is 10.4 Å². The number of nitrogens with one attached hydrogen (secondary N) is 1. The Morgan fingerprint density at radius 3 is 2.31 bits per heavy atom. The molecule has 3 aromatic rings. The fourth-order valence-electron chi connectivity index (χ4n) is 5.69. The molecular weight excluding hydrogens is 558 g/mol. The van der Waals surface area contributed by atoms with Gasteiger partial charge in [-0.1, -0.05) is 31.4 Å². The van der Waals surface area contributed by atoms with Crippen LogP contribution in [0.3, 0.4) is 0 Å². The lowest BCUT2D eigenvalue weighted by molar-refractivity contribution is -0.127. The van der Waals surface area contributed by atoms with Gasteiger partial charge in [-0.3, -0.25) is 28.8 Å². The number of Topliss-reactive ketones (excluding diaryl/α,β-unsaturated/α-hetero) is 1. The number of sulfonamides is 1. The Labute approximate surface area is 244 Å². The number of aryl methyl sites for hydroxylation is 2. The van der Waals surface area contributed by atoms with Gasteiger partial charge in [0, 0.05) is 36.1 Å². The molecule has 0 unspecified atom stereocenters. The Morgan fingerprint density at radius 2 is 1.71 bits per heavy atom. The third-order valence-electron chi connectivity index (χ3n) is 7.82. The Morgan fingerprint density at radius 1 is 1.05 bits per heavy atom. The maximum Gasteiger partial charge on any atom is 0.269 e. The predicted octanol–water partition coefficient (Wildman–Crippen LogP) is 3.30. The topological polar surface area (TPSA) is 139 Å². The van der Waals surface area contributed by atoms with E-state index in [1.807, 2.05) is 0 Å². The first-order valence-corrected chi connectivity index (χ1v) is 15.3. The number of carbonyl (C=O) groups excluding carboxylic acids is 4. The van der Waals surface area contributed by atoms with Crippen LogP contribution in [-0.2, 0) is 26.7 Å². The van der Waals surface area contributed by atoms with E-state index in [4.69, 9.17) is 0 Å². The van der Waals surface area contributed by atoms with Crippen LogP contribution in [-0.4, -0.2) is 58.6 Å². The third kappa shape index (κ3) is 5.46. The van der Waals surface area contributed by atoms with Gasteiger partial charge in [0.15, 0.2) is 5.78 Å². The molecule has 1 aliphatic carbocycles. The number of amides is 3. The summed E-state index contributed by atoms with van der Waals surface area (Å²) in [5.41, 5.74) is 1.61. The molecule has 2 aliphatic rings. The van der Waals surface area contributed by atoms with Crippen molar-refractivity contribution in [3.8, 4) is 0 Å². The maximum atomic E-state index is 14.2. The second-order valence-electron chi connectivity index (χ2n) is 10.8. The summed E-state index contributed by atoms with van der Waals surface area (Å²) in [4.78, 5) is 54.5. The second-order valence-corrected chi connectivity index (χ2v) is 12.6. The van der Waals surface area contributed by atoms with E-state index in [1.165, 1.54) is 59.0 Å². The SMILES string of the molecule is CC(=O)c1ccc(N(C(=O)CN2C(=O)c3ccccc3S2(=O)=O)[C@H](C(=O)NC2CCCCC2)c2cn(C)nc2C)cc1. The van der Waals surface area contributed by atoms with Crippen LogP contribution in [0.15, 0.2) is 59.6 Å². The first-order chi connectivity index (χ1) is 20.0. The lowest BCUT2D eigenvalue weighted by atomic mass is 9.94. The van der Waals surface area contributed by atoms with Crippen molar-refractivity contribution >= 4 is 39.2 Å². The molecule has 1 saturated carbocycles. The van der Waals surface area contributed by atoms with Crippen molar-refractivity contribution in [1.82, 2.24) is 19.4 Å². The van der Waals surface area contributed by atoms with Crippen LogP contribution in [0.2, 0.25) is 0 Å². The second kappa shape index (κ2) is 11.5. The molecule has 2 heterocycles. The van der Waals surface area contributed by atoms with Gasteiger partial charge >= 0.3 is 0 Å². The van der Waals surface area contributed by atoms with Crippen LogP contribution in [0.1, 0.15) is 77.0 Å². The molecule has 1 fully saturated rings. The van der Waals surface area contributed by atoms with Crippen LogP contribution < -0.4 is 10.2 Å². The maximum absolute atomic E-state index is 14.2. The summed E-state index contributed by atoms with van der Waals surface area (Å²) < 4.78 is 28.7. The molecule has 1 atom stereocenters. The van der Waals surface area contributed by atoms with Gasteiger partial charge < -0.3 is 5.32 Å². The molecule has 0 bridgehead atoms. The van der Waals surface area contributed by atoms with E-state index in [0.717, 1.165) is 32.1 Å². The van der Waals surface area contributed by atoms with E-state index in [-0.39, 0.29) is 28.0 Å². The number of nitrogens with zero attached hydrogens (tertiary/aromatic N) is 4. The zero-order valence-electron chi connectivity index (χ0n) is 23.7. The zero-order valence-corrected chi connectivity index (χ0v) is 24.6. The van der Waals surface area contributed by atoms with Crippen LogP contribution in [0.4, 0.5) is 5.69 Å². The number of aromatic nitrogens is 2. The molecule has 220 valence electrons. The van der Waals surface area contributed by atoms with Gasteiger partial charge in [0.1, 0.15) is 17.5 Å². The number of hydrogen-bond donors (Lipinski definition) is 1. The molecule has 1 aliphatic heterocycles. The zero-order chi connectivity index (χ0) is 30.2. The molecule has 11 nitrogen and oxygen atoms in total. The highest BCUT2D eigenvalue weighted by molar-refractivity contribution is 7.90. The number of fused-ring (bicyclic) bond motifs is 1. The average Bonchev–Trinajstić information content (AvgIpc) is 3.39. The fraction of sp³-hybridized carbons (Fsp3) is 0.367. The van der Waals surface area contributed by atoms with Gasteiger partial charge in [0.05, 0.1) is 11.3 Å². The summed E-state index contributed by atoms with van der Waals surface area (Å²) in [6.45, 7) is 2.32. The summed E-state index contributed by atoms with van der Waals surface area (Å²) in [7, 11) is -2.59. The highest BCUT2D eigenvalue weighted by atomic mass is 32.2. The molecule has 0 radical (unpaired) electrons.